The molecule has 158 valence electrons. The van der Waals surface area contributed by atoms with E-state index in [1.807, 2.05) is 20.0 Å². The molecule has 0 unspecified atom stereocenters. The van der Waals surface area contributed by atoms with Crippen LogP contribution in [0.15, 0.2) is 18.5 Å². The van der Waals surface area contributed by atoms with Gasteiger partial charge in [0.1, 0.15) is 11.6 Å². The number of ether oxygens (including phenoxy) is 1. The average Bonchev–Trinajstić information content (AvgIpc) is 3.06. The number of alkyl halides is 3. The molecular formula is C20H26F3N5O. The van der Waals surface area contributed by atoms with Gasteiger partial charge in [0.15, 0.2) is 0 Å². The van der Waals surface area contributed by atoms with Crippen molar-refractivity contribution in [1.29, 1.82) is 0 Å². The summed E-state index contributed by atoms with van der Waals surface area (Å²) in [6, 6.07) is 1.88. The molecule has 0 bridgehead atoms. The van der Waals surface area contributed by atoms with Crippen LogP contribution in [0.25, 0.3) is 11.3 Å². The van der Waals surface area contributed by atoms with Gasteiger partial charge in [0.05, 0.1) is 24.5 Å². The Hall–Kier alpha value is -2.13. The van der Waals surface area contributed by atoms with Crippen LogP contribution < -0.4 is 5.73 Å². The first-order chi connectivity index (χ1) is 13.7. The van der Waals surface area contributed by atoms with Crippen molar-refractivity contribution in [3.8, 4) is 11.3 Å². The Morgan fingerprint density at radius 1 is 1.17 bits per heavy atom. The standard InChI is InChI=1S/C20H26F3N5O/c1-12(2)19-26-17(13-7-16(20(21,22)23)18(24)25-10-13)11-28(19)15-8-14(9-15)27-3-5-29-6-4-27/h7,10-12,14-15H,3-6,8-9H2,1-2H3,(H2,24,25)/t14-,15-. The highest BCUT2D eigenvalue weighted by Gasteiger charge is 2.37. The van der Waals surface area contributed by atoms with Crippen molar-refractivity contribution >= 4 is 5.82 Å². The number of nitrogens with zero attached hydrogens (tertiary/aromatic N) is 4. The Balaban J connectivity index is 1.58. The maximum absolute atomic E-state index is 13.2. The first-order valence-corrected chi connectivity index (χ1v) is 9.97. The number of anilines is 1. The largest absolute Gasteiger partial charge is 0.419 e. The zero-order valence-corrected chi connectivity index (χ0v) is 16.6. The normalized spacial score (nSPS) is 23.4. The van der Waals surface area contributed by atoms with E-state index in [4.69, 9.17) is 10.5 Å². The molecule has 1 aliphatic heterocycles. The van der Waals surface area contributed by atoms with Gasteiger partial charge in [0, 0.05) is 49.0 Å². The monoisotopic (exact) mass is 409 g/mol. The van der Waals surface area contributed by atoms with Crippen LogP contribution in [0.5, 0.6) is 0 Å². The van der Waals surface area contributed by atoms with Gasteiger partial charge < -0.3 is 15.0 Å². The van der Waals surface area contributed by atoms with E-state index >= 15 is 0 Å². The third-order valence-electron chi connectivity index (χ3n) is 5.84. The number of nitrogen functional groups attached to an aromatic ring is 1. The van der Waals surface area contributed by atoms with E-state index in [1.54, 1.807) is 0 Å². The lowest BCUT2D eigenvalue weighted by Crippen LogP contribution is -2.50. The Kier molecular flexibility index (Phi) is 5.29. The molecular weight excluding hydrogens is 383 g/mol. The highest BCUT2D eigenvalue weighted by Crippen LogP contribution is 2.40. The van der Waals surface area contributed by atoms with Gasteiger partial charge in [-0.05, 0) is 18.9 Å². The minimum Gasteiger partial charge on any atom is -0.383 e. The van der Waals surface area contributed by atoms with Crippen molar-refractivity contribution in [3.63, 3.8) is 0 Å². The number of halogens is 3. The van der Waals surface area contributed by atoms with Crippen LogP contribution in [0.3, 0.4) is 0 Å². The summed E-state index contributed by atoms with van der Waals surface area (Å²) in [6.45, 7) is 7.56. The van der Waals surface area contributed by atoms with Crippen LogP contribution in [-0.2, 0) is 10.9 Å². The summed E-state index contributed by atoms with van der Waals surface area (Å²) in [7, 11) is 0. The zero-order valence-electron chi connectivity index (χ0n) is 16.6. The van der Waals surface area contributed by atoms with E-state index < -0.39 is 17.6 Å². The Morgan fingerprint density at radius 3 is 2.48 bits per heavy atom. The Bertz CT molecular complexity index is 867. The van der Waals surface area contributed by atoms with Crippen molar-refractivity contribution in [2.45, 2.75) is 50.9 Å². The molecule has 4 rings (SSSR count). The fraction of sp³-hybridized carbons (Fsp3) is 0.600. The maximum atomic E-state index is 13.2. The fourth-order valence-electron chi connectivity index (χ4n) is 4.14. The van der Waals surface area contributed by atoms with Crippen LogP contribution in [0.2, 0.25) is 0 Å². The average molecular weight is 409 g/mol. The number of pyridine rings is 1. The molecule has 0 radical (unpaired) electrons. The fourth-order valence-corrected chi connectivity index (χ4v) is 4.14. The minimum absolute atomic E-state index is 0.162. The molecule has 3 heterocycles. The quantitative estimate of drug-likeness (QED) is 0.834. The minimum atomic E-state index is -4.55. The SMILES string of the molecule is CC(C)c1nc(-c2cnc(N)c(C(F)(F)F)c2)cn1[C@H]1C[C@H](N2CCOCC2)C1. The number of nitrogens with two attached hydrogens (primary N) is 1. The van der Waals surface area contributed by atoms with E-state index in [-0.39, 0.29) is 5.92 Å². The predicted molar refractivity (Wildman–Crippen MR) is 103 cm³/mol. The molecule has 0 atom stereocenters. The lowest BCUT2D eigenvalue weighted by Gasteiger charge is -2.45. The van der Waals surface area contributed by atoms with Crippen LogP contribution in [0.1, 0.15) is 50.0 Å². The number of rotatable bonds is 4. The molecule has 1 aliphatic carbocycles. The van der Waals surface area contributed by atoms with Crippen molar-refractivity contribution in [3.05, 3.63) is 29.8 Å². The molecule has 1 saturated carbocycles. The molecule has 2 N–H and O–H groups in total. The topological polar surface area (TPSA) is 69.2 Å². The number of aromatic nitrogens is 3. The van der Waals surface area contributed by atoms with E-state index in [2.05, 4.69) is 19.4 Å². The molecule has 9 heteroatoms. The highest BCUT2D eigenvalue weighted by molar-refractivity contribution is 5.62. The second kappa shape index (κ2) is 7.60. The molecule has 0 spiro atoms. The summed E-state index contributed by atoms with van der Waals surface area (Å²) < 4.78 is 47.2. The van der Waals surface area contributed by atoms with Gasteiger partial charge in [-0.1, -0.05) is 13.8 Å². The first-order valence-electron chi connectivity index (χ1n) is 9.97. The van der Waals surface area contributed by atoms with Crippen molar-refractivity contribution in [2.75, 3.05) is 32.0 Å². The van der Waals surface area contributed by atoms with Gasteiger partial charge in [-0.2, -0.15) is 13.2 Å². The van der Waals surface area contributed by atoms with Crippen molar-refractivity contribution in [2.24, 2.45) is 0 Å². The van der Waals surface area contributed by atoms with Crippen molar-refractivity contribution in [1.82, 2.24) is 19.4 Å². The number of hydrogen-bond acceptors (Lipinski definition) is 5. The Morgan fingerprint density at radius 2 is 1.86 bits per heavy atom. The molecule has 1 saturated heterocycles. The lowest BCUT2D eigenvalue weighted by atomic mass is 9.84. The number of hydrogen-bond donors (Lipinski definition) is 1. The number of imidazole rings is 1. The zero-order chi connectivity index (χ0) is 20.8. The van der Waals surface area contributed by atoms with Gasteiger partial charge in [0.2, 0.25) is 0 Å². The summed E-state index contributed by atoms with van der Waals surface area (Å²) >= 11 is 0. The molecule has 2 aromatic heterocycles. The summed E-state index contributed by atoms with van der Waals surface area (Å²) in [4.78, 5) is 10.9. The van der Waals surface area contributed by atoms with Crippen LogP contribution in [0, 0.1) is 0 Å². The van der Waals surface area contributed by atoms with Crippen molar-refractivity contribution < 1.29 is 17.9 Å². The smallest absolute Gasteiger partial charge is 0.383 e. The molecule has 0 amide bonds. The van der Waals surface area contributed by atoms with E-state index in [0.717, 1.165) is 51.0 Å². The summed E-state index contributed by atoms with van der Waals surface area (Å²) in [5, 5.41) is 0. The van der Waals surface area contributed by atoms with Gasteiger partial charge in [0.25, 0.3) is 0 Å². The first kappa shape index (κ1) is 20.2. The molecule has 0 aromatic carbocycles. The Labute approximate surface area is 167 Å². The third-order valence-corrected chi connectivity index (χ3v) is 5.84. The van der Waals surface area contributed by atoms with E-state index in [0.29, 0.717) is 23.3 Å². The molecule has 2 aliphatic rings. The van der Waals surface area contributed by atoms with Gasteiger partial charge >= 0.3 is 6.18 Å². The second-order valence-corrected chi connectivity index (χ2v) is 8.13. The van der Waals surface area contributed by atoms with Crippen LogP contribution in [0.4, 0.5) is 19.0 Å². The second-order valence-electron chi connectivity index (χ2n) is 8.13. The summed E-state index contributed by atoms with van der Waals surface area (Å²) in [5.41, 5.74) is 5.34. The van der Waals surface area contributed by atoms with Crippen LogP contribution in [-0.4, -0.2) is 51.8 Å². The maximum Gasteiger partial charge on any atom is 0.419 e. The predicted octanol–water partition coefficient (Wildman–Crippen LogP) is 3.71. The molecule has 29 heavy (non-hydrogen) atoms. The lowest BCUT2D eigenvalue weighted by molar-refractivity contribution is -0.137. The number of morpholine rings is 1. The third kappa shape index (κ3) is 3.98. The highest BCUT2D eigenvalue weighted by atomic mass is 19.4. The van der Waals surface area contributed by atoms with Gasteiger partial charge in [-0.25, -0.2) is 9.97 Å². The summed E-state index contributed by atoms with van der Waals surface area (Å²) in [6.07, 6.45) is 0.712. The molecule has 2 fully saturated rings. The van der Waals surface area contributed by atoms with Gasteiger partial charge in [-0.15, -0.1) is 0 Å². The molecule has 6 nitrogen and oxygen atoms in total. The molecule has 2 aromatic rings. The summed E-state index contributed by atoms with van der Waals surface area (Å²) in [5.74, 6) is 0.530. The van der Waals surface area contributed by atoms with E-state index in [1.165, 1.54) is 6.20 Å². The van der Waals surface area contributed by atoms with Gasteiger partial charge in [-0.3, -0.25) is 4.90 Å². The van der Waals surface area contributed by atoms with Crippen LogP contribution >= 0.6 is 0 Å². The van der Waals surface area contributed by atoms with E-state index in [9.17, 15) is 13.2 Å².